The molecule has 1 atom stereocenters. The Morgan fingerprint density at radius 3 is 2.90 bits per heavy atom. The SMILES string of the molecule is CCN1CCCC1CNC(=O)c1cc(Cl)c(Cl)nc1Cl. The molecule has 1 saturated heterocycles. The minimum absolute atomic E-state index is 0.0654. The molecule has 2 heterocycles. The number of likely N-dealkylation sites (N-methyl/N-ethyl adjacent to an activating group) is 1. The monoisotopic (exact) mass is 335 g/mol. The molecule has 4 nitrogen and oxygen atoms in total. The van der Waals surface area contributed by atoms with Gasteiger partial charge in [-0.2, -0.15) is 0 Å². The summed E-state index contributed by atoms with van der Waals surface area (Å²) in [5.41, 5.74) is 0.252. The smallest absolute Gasteiger partial charge is 0.254 e. The molecule has 1 amide bonds. The van der Waals surface area contributed by atoms with E-state index in [0.29, 0.717) is 12.6 Å². The largest absolute Gasteiger partial charge is 0.350 e. The number of aromatic nitrogens is 1. The highest BCUT2D eigenvalue weighted by Gasteiger charge is 2.24. The van der Waals surface area contributed by atoms with Gasteiger partial charge in [0.05, 0.1) is 10.6 Å². The van der Waals surface area contributed by atoms with Gasteiger partial charge in [-0.15, -0.1) is 0 Å². The number of rotatable bonds is 4. The highest BCUT2D eigenvalue weighted by molar-refractivity contribution is 6.42. The molecule has 1 aliphatic rings. The van der Waals surface area contributed by atoms with Gasteiger partial charge in [0.1, 0.15) is 10.3 Å². The molecular formula is C13H16Cl3N3O. The number of nitrogens with zero attached hydrogens (tertiary/aromatic N) is 2. The molecule has 0 aliphatic carbocycles. The number of likely N-dealkylation sites (tertiary alicyclic amines) is 1. The van der Waals surface area contributed by atoms with Crippen molar-refractivity contribution < 1.29 is 4.79 Å². The second-order valence-corrected chi connectivity index (χ2v) is 5.86. The Balaban J connectivity index is 2.00. The molecule has 2 rings (SSSR count). The predicted molar refractivity (Wildman–Crippen MR) is 81.9 cm³/mol. The fraction of sp³-hybridized carbons (Fsp3) is 0.538. The van der Waals surface area contributed by atoms with Crippen molar-refractivity contribution in [2.45, 2.75) is 25.8 Å². The Hall–Kier alpha value is -0.550. The predicted octanol–water partition coefficient (Wildman–Crippen LogP) is 3.26. The van der Waals surface area contributed by atoms with Gasteiger partial charge in [-0.25, -0.2) is 4.98 Å². The van der Waals surface area contributed by atoms with Crippen LogP contribution in [0.2, 0.25) is 15.3 Å². The summed E-state index contributed by atoms with van der Waals surface area (Å²) in [4.78, 5) is 18.3. The number of halogens is 3. The molecule has 1 unspecified atom stereocenters. The number of hydrogen-bond donors (Lipinski definition) is 1. The van der Waals surface area contributed by atoms with Gasteiger partial charge in [0.15, 0.2) is 0 Å². The van der Waals surface area contributed by atoms with E-state index in [-0.39, 0.29) is 26.8 Å². The first-order valence-electron chi connectivity index (χ1n) is 6.56. The first kappa shape index (κ1) is 15.8. The Bertz CT molecular complexity index is 510. The van der Waals surface area contributed by atoms with Gasteiger partial charge in [-0.3, -0.25) is 9.69 Å². The zero-order chi connectivity index (χ0) is 14.7. The van der Waals surface area contributed by atoms with E-state index in [9.17, 15) is 4.79 Å². The molecular weight excluding hydrogens is 321 g/mol. The Kier molecular flexibility index (Phi) is 5.49. The Morgan fingerprint density at radius 1 is 1.45 bits per heavy atom. The first-order chi connectivity index (χ1) is 9.52. The second-order valence-electron chi connectivity index (χ2n) is 4.73. The van der Waals surface area contributed by atoms with E-state index in [1.807, 2.05) is 0 Å². The number of hydrogen-bond acceptors (Lipinski definition) is 3. The minimum Gasteiger partial charge on any atom is -0.350 e. The van der Waals surface area contributed by atoms with Crippen molar-refractivity contribution in [2.24, 2.45) is 0 Å². The molecule has 1 aromatic rings. The molecule has 0 aromatic carbocycles. The van der Waals surface area contributed by atoms with Gasteiger partial charge >= 0.3 is 0 Å². The van der Waals surface area contributed by atoms with Crippen LogP contribution in [-0.2, 0) is 0 Å². The zero-order valence-electron chi connectivity index (χ0n) is 11.1. The fourth-order valence-electron chi connectivity index (χ4n) is 2.45. The summed E-state index contributed by atoms with van der Waals surface area (Å²) in [6.45, 7) is 4.81. The minimum atomic E-state index is -0.274. The van der Waals surface area contributed by atoms with Crippen LogP contribution in [0.5, 0.6) is 0 Å². The zero-order valence-corrected chi connectivity index (χ0v) is 13.4. The summed E-state index contributed by atoms with van der Waals surface area (Å²) in [7, 11) is 0. The summed E-state index contributed by atoms with van der Waals surface area (Å²) in [6, 6.07) is 1.83. The van der Waals surface area contributed by atoms with Crippen LogP contribution in [0.25, 0.3) is 0 Å². The van der Waals surface area contributed by atoms with Crippen LogP contribution in [0.1, 0.15) is 30.1 Å². The van der Waals surface area contributed by atoms with Crippen molar-refractivity contribution in [3.8, 4) is 0 Å². The maximum atomic E-state index is 12.1. The lowest BCUT2D eigenvalue weighted by Crippen LogP contribution is -2.40. The van der Waals surface area contributed by atoms with Crippen LogP contribution < -0.4 is 5.32 Å². The first-order valence-corrected chi connectivity index (χ1v) is 7.70. The van der Waals surface area contributed by atoms with Crippen molar-refractivity contribution in [1.29, 1.82) is 0 Å². The standard InChI is InChI=1S/C13H16Cl3N3O/c1-2-19-5-3-4-8(19)7-17-13(20)9-6-10(14)12(16)18-11(9)15/h6,8H,2-5,7H2,1H3,(H,17,20). The van der Waals surface area contributed by atoms with E-state index in [1.54, 1.807) is 0 Å². The quantitative estimate of drug-likeness (QED) is 0.858. The summed E-state index contributed by atoms with van der Waals surface area (Å²) in [6.07, 6.45) is 2.27. The molecule has 0 spiro atoms. The summed E-state index contributed by atoms with van der Waals surface area (Å²) < 4.78 is 0. The molecule has 0 bridgehead atoms. The highest BCUT2D eigenvalue weighted by Crippen LogP contribution is 2.25. The van der Waals surface area contributed by atoms with Gasteiger partial charge in [0, 0.05) is 12.6 Å². The third-order valence-corrected chi connectivity index (χ3v) is 4.50. The van der Waals surface area contributed by atoms with E-state index in [0.717, 1.165) is 19.5 Å². The van der Waals surface area contributed by atoms with Crippen molar-refractivity contribution in [3.63, 3.8) is 0 Å². The number of amides is 1. The normalized spacial score (nSPS) is 19.3. The second kappa shape index (κ2) is 6.94. The Labute approximate surface area is 133 Å². The molecule has 1 fully saturated rings. The van der Waals surface area contributed by atoms with E-state index >= 15 is 0 Å². The van der Waals surface area contributed by atoms with E-state index < -0.39 is 0 Å². The Morgan fingerprint density at radius 2 is 2.20 bits per heavy atom. The van der Waals surface area contributed by atoms with Gasteiger partial charge in [-0.1, -0.05) is 41.7 Å². The van der Waals surface area contributed by atoms with Crippen LogP contribution in [0.3, 0.4) is 0 Å². The van der Waals surface area contributed by atoms with Gasteiger partial charge in [0.2, 0.25) is 0 Å². The lowest BCUT2D eigenvalue weighted by molar-refractivity contribution is 0.0941. The van der Waals surface area contributed by atoms with Crippen molar-refractivity contribution in [3.05, 3.63) is 27.0 Å². The van der Waals surface area contributed by atoms with Crippen LogP contribution in [0.4, 0.5) is 0 Å². The van der Waals surface area contributed by atoms with Crippen molar-refractivity contribution in [2.75, 3.05) is 19.6 Å². The van der Waals surface area contributed by atoms with Crippen LogP contribution in [0.15, 0.2) is 6.07 Å². The average molecular weight is 337 g/mol. The van der Waals surface area contributed by atoms with Crippen LogP contribution in [-0.4, -0.2) is 41.5 Å². The average Bonchev–Trinajstić information content (AvgIpc) is 2.87. The third-order valence-electron chi connectivity index (χ3n) is 3.53. The molecule has 1 N–H and O–H groups in total. The lowest BCUT2D eigenvalue weighted by atomic mass is 10.2. The van der Waals surface area contributed by atoms with Gasteiger partial charge in [0.25, 0.3) is 5.91 Å². The van der Waals surface area contributed by atoms with E-state index in [1.165, 1.54) is 12.5 Å². The lowest BCUT2D eigenvalue weighted by Gasteiger charge is -2.22. The van der Waals surface area contributed by atoms with E-state index in [2.05, 4.69) is 22.1 Å². The molecule has 0 saturated carbocycles. The van der Waals surface area contributed by atoms with Gasteiger partial charge < -0.3 is 5.32 Å². The fourth-order valence-corrected chi connectivity index (χ4v) is 3.01. The van der Waals surface area contributed by atoms with Crippen molar-refractivity contribution >= 4 is 40.7 Å². The summed E-state index contributed by atoms with van der Waals surface area (Å²) >= 11 is 17.5. The molecule has 7 heteroatoms. The van der Waals surface area contributed by atoms with E-state index in [4.69, 9.17) is 34.8 Å². The number of nitrogens with one attached hydrogen (secondary N) is 1. The summed E-state index contributed by atoms with van der Waals surface area (Å²) in [5.74, 6) is -0.274. The number of carbonyl (C=O) groups excluding carboxylic acids is 1. The molecule has 1 aromatic heterocycles. The topological polar surface area (TPSA) is 45.2 Å². The van der Waals surface area contributed by atoms with Crippen molar-refractivity contribution in [1.82, 2.24) is 15.2 Å². The third kappa shape index (κ3) is 3.55. The highest BCUT2D eigenvalue weighted by atomic mass is 35.5. The van der Waals surface area contributed by atoms with Crippen LogP contribution >= 0.6 is 34.8 Å². The molecule has 20 heavy (non-hydrogen) atoms. The molecule has 1 aliphatic heterocycles. The molecule has 0 radical (unpaired) electrons. The van der Waals surface area contributed by atoms with Gasteiger partial charge in [-0.05, 0) is 32.0 Å². The maximum Gasteiger partial charge on any atom is 0.254 e. The molecule has 110 valence electrons. The summed E-state index contributed by atoms with van der Waals surface area (Å²) in [5, 5.41) is 3.27. The number of pyridine rings is 1. The van der Waals surface area contributed by atoms with Crippen LogP contribution in [0, 0.1) is 0 Å². The number of carbonyl (C=O) groups is 1. The maximum absolute atomic E-state index is 12.1.